The van der Waals surface area contributed by atoms with Crippen LogP contribution in [0.3, 0.4) is 0 Å². The van der Waals surface area contributed by atoms with Gasteiger partial charge in [0.25, 0.3) is 0 Å². The van der Waals surface area contributed by atoms with Gasteiger partial charge in [0.05, 0.1) is 5.69 Å². The number of methoxy groups -OCH3 is 1. The third-order valence-electron chi connectivity index (χ3n) is 2.85. The Kier molecular flexibility index (Phi) is 5.88. The summed E-state index contributed by atoms with van der Waals surface area (Å²) in [4.78, 5) is 9.13. The molecule has 1 aromatic heterocycles. The van der Waals surface area contributed by atoms with Crippen molar-refractivity contribution in [3.05, 3.63) is 23.3 Å². The van der Waals surface area contributed by atoms with E-state index in [2.05, 4.69) is 43.0 Å². The largest absolute Gasteiger partial charge is 0.373 e. The molecule has 0 amide bonds. The van der Waals surface area contributed by atoms with Gasteiger partial charge >= 0.3 is 0 Å². The minimum absolute atomic E-state index is 0.00159. The van der Waals surface area contributed by atoms with E-state index in [4.69, 9.17) is 4.74 Å². The molecule has 1 rings (SSSR count). The first-order valence-electron chi connectivity index (χ1n) is 6.98. The van der Waals surface area contributed by atoms with Crippen molar-refractivity contribution >= 4 is 0 Å². The van der Waals surface area contributed by atoms with E-state index in [0.29, 0.717) is 0 Å². The van der Waals surface area contributed by atoms with Crippen LogP contribution in [-0.2, 0) is 11.3 Å². The average Bonchev–Trinajstić information content (AvgIpc) is 2.32. The van der Waals surface area contributed by atoms with E-state index in [1.165, 1.54) is 0 Å². The monoisotopic (exact) mass is 265 g/mol. The number of ether oxygens (including phenoxy) is 1. The number of nitrogens with zero attached hydrogens (tertiary/aromatic N) is 2. The molecule has 1 atom stereocenters. The van der Waals surface area contributed by atoms with Crippen molar-refractivity contribution in [3.8, 4) is 0 Å². The van der Waals surface area contributed by atoms with Gasteiger partial charge in [-0.25, -0.2) is 9.97 Å². The van der Waals surface area contributed by atoms with Crippen molar-refractivity contribution < 1.29 is 4.74 Å². The van der Waals surface area contributed by atoms with Crippen LogP contribution in [0, 0.1) is 6.92 Å². The van der Waals surface area contributed by atoms with Gasteiger partial charge in [-0.2, -0.15) is 0 Å². The van der Waals surface area contributed by atoms with E-state index in [9.17, 15) is 0 Å². The van der Waals surface area contributed by atoms with Crippen LogP contribution in [0.25, 0.3) is 0 Å². The Morgan fingerprint density at radius 3 is 2.53 bits per heavy atom. The molecule has 0 aliphatic heterocycles. The van der Waals surface area contributed by atoms with Crippen molar-refractivity contribution in [2.24, 2.45) is 0 Å². The molecule has 108 valence electrons. The maximum atomic E-state index is 5.49. The molecule has 1 N–H and O–H groups in total. The lowest BCUT2D eigenvalue weighted by Gasteiger charge is -2.21. The van der Waals surface area contributed by atoms with Gasteiger partial charge in [0.15, 0.2) is 5.82 Å². The Morgan fingerprint density at radius 2 is 2.00 bits per heavy atom. The van der Waals surface area contributed by atoms with Gasteiger partial charge in [-0.05, 0) is 40.2 Å². The second-order valence-electron chi connectivity index (χ2n) is 5.98. The second kappa shape index (κ2) is 6.96. The number of aryl methyl sites for hydroxylation is 1. The Bertz CT molecular complexity index is 399. The van der Waals surface area contributed by atoms with Crippen LogP contribution in [0.15, 0.2) is 6.07 Å². The normalized spacial score (nSPS) is 13.6. The van der Waals surface area contributed by atoms with E-state index in [0.717, 1.165) is 36.6 Å². The highest BCUT2D eigenvalue weighted by Gasteiger charge is 2.15. The summed E-state index contributed by atoms with van der Waals surface area (Å²) in [5, 5.41) is 3.45. The predicted octanol–water partition coefficient (Wildman–Crippen LogP) is 3.16. The minimum Gasteiger partial charge on any atom is -0.373 e. The molecule has 0 aliphatic carbocycles. The number of hydrogen-bond acceptors (Lipinski definition) is 4. The van der Waals surface area contributed by atoms with Crippen LogP contribution < -0.4 is 5.32 Å². The fraction of sp³-hybridized carbons (Fsp3) is 0.733. The van der Waals surface area contributed by atoms with Crippen LogP contribution in [0.2, 0.25) is 0 Å². The molecule has 1 unspecified atom stereocenters. The van der Waals surface area contributed by atoms with Gasteiger partial charge in [0.2, 0.25) is 0 Å². The number of rotatable bonds is 6. The molecular formula is C15H27N3O. The standard InChI is InChI=1S/C15H27N3O/c1-7-8-13(19-6)14-17-11(2)9-12(18-14)10-16-15(3,4)5/h9,13,16H,7-8,10H2,1-6H3. The van der Waals surface area contributed by atoms with Crippen molar-refractivity contribution in [2.45, 2.75) is 65.6 Å². The van der Waals surface area contributed by atoms with Crippen molar-refractivity contribution in [2.75, 3.05) is 7.11 Å². The quantitative estimate of drug-likeness (QED) is 0.858. The molecule has 0 bridgehead atoms. The lowest BCUT2D eigenvalue weighted by atomic mass is 10.1. The number of hydrogen-bond donors (Lipinski definition) is 1. The summed E-state index contributed by atoms with van der Waals surface area (Å²) in [7, 11) is 1.72. The zero-order chi connectivity index (χ0) is 14.5. The molecule has 4 nitrogen and oxygen atoms in total. The van der Waals surface area contributed by atoms with Crippen molar-refractivity contribution in [3.63, 3.8) is 0 Å². The molecule has 0 radical (unpaired) electrons. The van der Waals surface area contributed by atoms with Gasteiger partial charge in [0, 0.05) is 24.9 Å². The second-order valence-corrected chi connectivity index (χ2v) is 5.98. The zero-order valence-electron chi connectivity index (χ0n) is 13.1. The Hall–Kier alpha value is -1.00. The third-order valence-corrected chi connectivity index (χ3v) is 2.85. The third kappa shape index (κ3) is 5.66. The number of aromatic nitrogens is 2. The van der Waals surface area contributed by atoms with Crippen LogP contribution in [0.1, 0.15) is 63.9 Å². The SMILES string of the molecule is CCCC(OC)c1nc(C)cc(CNC(C)(C)C)n1. The van der Waals surface area contributed by atoms with Gasteiger partial charge < -0.3 is 10.1 Å². The van der Waals surface area contributed by atoms with Gasteiger partial charge in [-0.3, -0.25) is 0 Å². The predicted molar refractivity (Wildman–Crippen MR) is 78.0 cm³/mol. The number of nitrogens with one attached hydrogen (secondary N) is 1. The summed E-state index contributed by atoms with van der Waals surface area (Å²) in [5.74, 6) is 0.801. The summed E-state index contributed by atoms with van der Waals surface area (Å²) in [5.41, 5.74) is 2.10. The fourth-order valence-corrected chi connectivity index (χ4v) is 1.86. The summed E-state index contributed by atoms with van der Waals surface area (Å²) in [6, 6.07) is 2.03. The molecular weight excluding hydrogens is 238 g/mol. The molecule has 4 heteroatoms. The maximum Gasteiger partial charge on any atom is 0.157 e. The van der Waals surface area contributed by atoms with Crippen LogP contribution in [0.4, 0.5) is 0 Å². The first kappa shape index (κ1) is 16.1. The Labute approximate surface area is 117 Å². The van der Waals surface area contributed by atoms with E-state index in [-0.39, 0.29) is 11.6 Å². The highest BCUT2D eigenvalue weighted by Crippen LogP contribution is 2.19. The van der Waals surface area contributed by atoms with E-state index < -0.39 is 0 Å². The molecule has 1 heterocycles. The zero-order valence-corrected chi connectivity index (χ0v) is 13.1. The molecule has 0 aliphatic rings. The van der Waals surface area contributed by atoms with E-state index >= 15 is 0 Å². The van der Waals surface area contributed by atoms with E-state index in [1.54, 1.807) is 7.11 Å². The Balaban J connectivity index is 2.87. The molecule has 0 saturated heterocycles. The summed E-state index contributed by atoms with van der Waals surface area (Å²) in [6.07, 6.45) is 2.01. The highest BCUT2D eigenvalue weighted by atomic mass is 16.5. The highest BCUT2D eigenvalue weighted by molar-refractivity contribution is 5.11. The molecule has 1 aromatic rings. The first-order chi connectivity index (χ1) is 8.85. The van der Waals surface area contributed by atoms with Crippen molar-refractivity contribution in [1.82, 2.24) is 15.3 Å². The molecule has 0 spiro atoms. The molecule has 0 fully saturated rings. The molecule has 0 saturated carbocycles. The van der Waals surface area contributed by atoms with E-state index in [1.807, 2.05) is 13.0 Å². The van der Waals surface area contributed by atoms with Crippen molar-refractivity contribution in [1.29, 1.82) is 0 Å². The van der Waals surface area contributed by atoms with Crippen LogP contribution in [0.5, 0.6) is 0 Å². The summed E-state index contributed by atoms with van der Waals surface area (Å²) < 4.78 is 5.49. The summed E-state index contributed by atoms with van der Waals surface area (Å²) >= 11 is 0. The van der Waals surface area contributed by atoms with Gasteiger partial charge in [-0.1, -0.05) is 13.3 Å². The van der Waals surface area contributed by atoms with Gasteiger partial charge in [-0.15, -0.1) is 0 Å². The fourth-order valence-electron chi connectivity index (χ4n) is 1.86. The average molecular weight is 265 g/mol. The summed E-state index contributed by atoms with van der Waals surface area (Å²) in [6.45, 7) is 11.3. The van der Waals surface area contributed by atoms with Gasteiger partial charge in [0.1, 0.15) is 6.10 Å². The lowest BCUT2D eigenvalue weighted by Crippen LogP contribution is -2.35. The molecule has 0 aromatic carbocycles. The molecule has 19 heavy (non-hydrogen) atoms. The maximum absolute atomic E-state index is 5.49. The first-order valence-corrected chi connectivity index (χ1v) is 6.98. The van der Waals surface area contributed by atoms with Crippen LogP contribution in [-0.4, -0.2) is 22.6 Å². The minimum atomic E-state index is -0.00159. The topological polar surface area (TPSA) is 47.0 Å². The van der Waals surface area contributed by atoms with Crippen LogP contribution >= 0.6 is 0 Å². The Morgan fingerprint density at radius 1 is 1.32 bits per heavy atom. The smallest absolute Gasteiger partial charge is 0.157 e. The lowest BCUT2D eigenvalue weighted by molar-refractivity contribution is 0.0872.